The normalized spacial score (nSPS) is 12.3. The molecule has 0 fully saturated rings. The van der Waals surface area contributed by atoms with Gasteiger partial charge in [0.1, 0.15) is 12.3 Å². The zero-order valence-corrected chi connectivity index (χ0v) is 16.9. The predicted octanol–water partition coefficient (Wildman–Crippen LogP) is 3.44. The highest BCUT2D eigenvalue weighted by atomic mass is 19.3. The van der Waals surface area contributed by atoms with E-state index in [9.17, 15) is 8.78 Å². The fraction of sp³-hybridized carbons (Fsp3) is 0.200. The molecule has 3 aromatic heterocycles. The highest BCUT2D eigenvalue weighted by molar-refractivity contribution is 5.68. The van der Waals surface area contributed by atoms with Crippen LogP contribution in [0.15, 0.2) is 53.6 Å². The van der Waals surface area contributed by atoms with Gasteiger partial charge in [-0.05, 0) is 44.8 Å². The highest BCUT2D eigenvalue weighted by Crippen LogP contribution is 2.20. The van der Waals surface area contributed by atoms with E-state index in [4.69, 9.17) is 10.5 Å². The van der Waals surface area contributed by atoms with Gasteiger partial charge >= 0.3 is 0 Å². The van der Waals surface area contributed by atoms with Crippen molar-refractivity contribution in [2.24, 2.45) is 4.99 Å². The standard InChI is InChI=1S/C20H20F2N8O/c1-12(4-6-16(24-3)15-9-26-20(23)27-10-15)31-11-17-13(2)28-29-30(17)18-7-5-14(8-25-18)19(21)22/h4-10,19H,3,11H2,1-2H3,(H2,23,26,27)/b12-4+,16-6-. The van der Waals surface area contributed by atoms with Crippen molar-refractivity contribution in [3.63, 3.8) is 0 Å². The SMILES string of the molecule is C=N/C(=C\C=C(/C)OCc1c(C)nnn1-c1ccc(C(F)F)cn1)c1cnc(N)nc1. The average molecular weight is 426 g/mol. The molecule has 2 N–H and O–H groups in total. The van der Waals surface area contributed by atoms with Crippen LogP contribution in [0.5, 0.6) is 0 Å². The number of hydrogen-bond acceptors (Lipinski definition) is 8. The van der Waals surface area contributed by atoms with E-state index in [2.05, 4.69) is 37.0 Å². The molecule has 0 saturated heterocycles. The maximum Gasteiger partial charge on any atom is 0.265 e. The molecule has 0 saturated carbocycles. The molecule has 0 atom stereocenters. The Bertz CT molecular complexity index is 1110. The molecule has 3 heterocycles. The summed E-state index contributed by atoms with van der Waals surface area (Å²) in [5.41, 5.74) is 7.81. The van der Waals surface area contributed by atoms with Crippen molar-refractivity contribution in [1.82, 2.24) is 29.9 Å². The van der Waals surface area contributed by atoms with Gasteiger partial charge in [-0.15, -0.1) is 5.10 Å². The second-order valence-electron chi connectivity index (χ2n) is 6.39. The van der Waals surface area contributed by atoms with Crippen molar-refractivity contribution in [3.05, 3.63) is 71.1 Å². The van der Waals surface area contributed by atoms with Gasteiger partial charge in [-0.3, -0.25) is 4.99 Å². The average Bonchev–Trinajstić information content (AvgIpc) is 3.14. The van der Waals surface area contributed by atoms with Crippen LogP contribution in [-0.4, -0.2) is 36.7 Å². The van der Waals surface area contributed by atoms with Gasteiger partial charge in [-0.2, -0.15) is 4.68 Å². The minimum absolute atomic E-state index is 0.148. The molecule has 0 bridgehead atoms. The fourth-order valence-electron chi connectivity index (χ4n) is 2.52. The summed E-state index contributed by atoms with van der Waals surface area (Å²) in [4.78, 5) is 15.9. The maximum atomic E-state index is 12.7. The number of pyridine rings is 1. The number of aliphatic imine (C=N–C) groups is 1. The Hall–Kier alpha value is -4.02. The summed E-state index contributed by atoms with van der Waals surface area (Å²) in [5, 5.41) is 8.06. The molecule has 0 aromatic carbocycles. The first-order chi connectivity index (χ1) is 14.9. The van der Waals surface area contributed by atoms with Gasteiger partial charge in [-0.25, -0.2) is 23.7 Å². The summed E-state index contributed by atoms with van der Waals surface area (Å²) >= 11 is 0. The van der Waals surface area contributed by atoms with Gasteiger partial charge in [0, 0.05) is 29.7 Å². The van der Waals surface area contributed by atoms with Gasteiger partial charge in [0.15, 0.2) is 5.82 Å². The van der Waals surface area contributed by atoms with E-state index in [1.54, 1.807) is 38.4 Å². The Labute approximate surface area is 177 Å². The molecular formula is C20H20F2N8O. The summed E-state index contributed by atoms with van der Waals surface area (Å²) in [7, 11) is 0. The first kappa shape index (κ1) is 21.7. The van der Waals surface area contributed by atoms with E-state index >= 15 is 0 Å². The Morgan fingerprint density at radius 2 is 1.97 bits per heavy atom. The number of rotatable bonds is 8. The summed E-state index contributed by atoms with van der Waals surface area (Å²) in [6, 6.07) is 2.76. The molecule has 0 aliphatic carbocycles. The third kappa shape index (κ3) is 5.32. The Morgan fingerprint density at radius 1 is 1.23 bits per heavy atom. The van der Waals surface area contributed by atoms with Crippen LogP contribution >= 0.6 is 0 Å². The summed E-state index contributed by atoms with van der Waals surface area (Å²) in [6.07, 6.45) is 5.06. The Morgan fingerprint density at radius 3 is 2.58 bits per heavy atom. The molecule has 0 amide bonds. The summed E-state index contributed by atoms with van der Waals surface area (Å²) in [6.45, 7) is 7.24. The van der Waals surface area contributed by atoms with E-state index in [-0.39, 0.29) is 18.1 Å². The number of allylic oxidation sites excluding steroid dienone is 3. The highest BCUT2D eigenvalue weighted by Gasteiger charge is 2.14. The lowest BCUT2D eigenvalue weighted by atomic mass is 10.2. The van der Waals surface area contributed by atoms with Gasteiger partial charge in [-0.1, -0.05) is 5.21 Å². The van der Waals surface area contributed by atoms with Crippen molar-refractivity contribution in [1.29, 1.82) is 0 Å². The van der Waals surface area contributed by atoms with Crippen molar-refractivity contribution in [2.45, 2.75) is 26.9 Å². The summed E-state index contributed by atoms with van der Waals surface area (Å²) in [5.74, 6) is 1.12. The van der Waals surface area contributed by atoms with E-state index < -0.39 is 6.43 Å². The monoisotopic (exact) mass is 426 g/mol. The second-order valence-corrected chi connectivity index (χ2v) is 6.39. The second kappa shape index (κ2) is 9.65. The lowest BCUT2D eigenvalue weighted by Crippen LogP contribution is -2.07. The van der Waals surface area contributed by atoms with Crippen LogP contribution < -0.4 is 5.73 Å². The predicted molar refractivity (Wildman–Crippen MR) is 111 cm³/mol. The lowest BCUT2D eigenvalue weighted by molar-refractivity contribution is 0.151. The van der Waals surface area contributed by atoms with Gasteiger partial charge in [0.2, 0.25) is 5.95 Å². The zero-order chi connectivity index (χ0) is 22.4. The number of nitrogens with two attached hydrogens (primary N) is 1. The number of aryl methyl sites for hydroxylation is 1. The van der Waals surface area contributed by atoms with Crippen molar-refractivity contribution < 1.29 is 13.5 Å². The number of nitrogens with zero attached hydrogens (tertiary/aromatic N) is 7. The molecule has 0 radical (unpaired) electrons. The molecule has 31 heavy (non-hydrogen) atoms. The third-order valence-electron chi connectivity index (χ3n) is 4.25. The van der Waals surface area contributed by atoms with Crippen LogP contribution in [0, 0.1) is 6.92 Å². The summed E-state index contributed by atoms with van der Waals surface area (Å²) < 4.78 is 32.7. The van der Waals surface area contributed by atoms with Crippen LogP contribution in [0.4, 0.5) is 14.7 Å². The first-order valence-corrected chi connectivity index (χ1v) is 9.10. The molecule has 0 aliphatic rings. The van der Waals surface area contributed by atoms with E-state index in [1.165, 1.54) is 16.8 Å². The largest absolute Gasteiger partial charge is 0.492 e. The maximum absolute atomic E-state index is 12.7. The smallest absolute Gasteiger partial charge is 0.265 e. The molecule has 3 aromatic rings. The number of nitrogen functional groups attached to an aromatic ring is 1. The van der Waals surface area contributed by atoms with E-state index in [0.29, 0.717) is 34.2 Å². The van der Waals surface area contributed by atoms with Crippen LogP contribution in [0.3, 0.4) is 0 Å². The minimum Gasteiger partial charge on any atom is -0.492 e. The molecule has 0 unspecified atom stereocenters. The number of aromatic nitrogens is 6. The molecule has 0 aliphatic heterocycles. The number of halogens is 2. The topological polar surface area (TPSA) is 117 Å². The van der Waals surface area contributed by atoms with Crippen molar-refractivity contribution in [3.8, 4) is 5.82 Å². The molecular weight excluding hydrogens is 406 g/mol. The Balaban J connectivity index is 1.74. The van der Waals surface area contributed by atoms with Crippen molar-refractivity contribution >= 4 is 18.4 Å². The lowest BCUT2D eigenvalue weighted by Gasteiger charge is -2.09. The quantitative estimate of drug-likeness (QED) is 0.333. The van der Waals surface area contributed by atoms with E-state index in [0.717, 1.165) is 6.20 Å². The molecule has 3 rings (SSSR count). The van der Waals surface area contributed by atoms with E-state index in [1.807, 2.05) is 0 Å². The minimum atomic E-state index is -2.59. The molecule has 9 nitrogen and oxygen atoms in total. The third-order valence-corrected chi connectivity index (χ3v) is 4.25. The van der Waals surface area contributed by atoms with Gasteiger partial charge in [0.05, 0.1) is 17.2 Å². The molecule has 11 heteroatoms. The Kier molecular flexibility index (Phi) is 6.75. The van der Waals surface area contributed by atoms with Crippen LogP contribution in [0.2, 0.25) is 0 Å². The van der Waals surface area contributed by atoms with Gasteiger partial charge < -0.3 is 10.5 Å². The molecule has 160 valence electrons. The fourth-order valence-corrected chi connectivity index (χ4v) is 2.52. The van der Waals surface area contributed by atoms with Crippen LogP contribution in [0.25, 0.3) is 11.5 Å². The first-order valence-electron chi connectivity index (χ1n) is 9.10. The molecule has 0 spiro atoms. The van der Waals surface area contributed by atoms with Crippen LogP contribution in [0.1, 0.15) is 35.9 Å². The number of hydrogen-bond donors (Lipinski definition) is 1. The zero-order valence-electron chi connectivity index (χ0n) is 16.9. The van der Waals surface area contributed by atoms with Gasteiger partial charge in [0.25, 0.3) is 6.43 Å². The number of ether oxygens (including phenoxy) is 1. The van der Waals surface area contributed by atoms with Crippen LogP contribution in [-0.2, 0) is 11.3 Å². The number of anilines is 1. The number of alkyl halides is 2. The van der Waals surface area contributed by atoms with Crippen molar-refractivity contribution in [2.75, 3.05) is 5.73 Å².